The molecular formula is C18H20N6O. The molecule has 0 atom stereocenters. The van der Waals surface area contributed by atoms with E-state index in [1.807, 2.05) is 26.1 Å². The maximum Gasteiger partial charge on any atom is 0.183 e. The molecule has 128 valence electrons. The van der Waals surface area contributed by atoms with Gasteiger partial charge in [-0.3, -0.25) is 0 Å². The van der Waals surface area contributed by atoms with Crippen LogP contribution in [0.15, 0.2) is 36.7 Å². The molecule has 1 aliphatic heterocycles. The second-order valence-corrected chi connectivity index (χ2v) is 5.97. The molecule has 0 unspecified atom stereocenters. The zero-order valence-electron chi connectivity index (χ0n) is 14.4. The third-order valence-corrected chi connectivity index (χ3v) is 4.41. The molecule has 1 aromatic carbocycles. The van der Waals surface area contributed by atoms with E-state index >= 15 is 0 Å². The van der Waals surface area contributed by atoms with E-state index in [0.29, 0.717) is 6.61 Å². The van der Waals surface area contributed by atoms with E-state index in [9.17, 15) is 0 Å². The monoisotopic (exact) mass is 336 g/mol. The Morgan fingerprint density at radius 1 is 1.16 bits per heavy atom. The van der Waals surface area contributed by atoms with Gasteiger partial charge in [0.25, 0.3) is 0 Å². The highest BCUT2D eigenvalue weighted by Gasteiger charge is 2.19. The number of rotatable bonds is 4. The molecular weight excluding hydrogens is 316 g/mol. The van der Waals surface area contributed by atoms with Crippen LogP contribution in [-0.2, 0) is 7.05 Å². The van der Waals surface area contributed by atoms with Crippen LogP contribution in [0.4, 0.5) is 5.82 Å². The lowest BCUT2D eigenvalue weighted by Gasteiger charge is -2.27. The lowest BCUT2D eigenvalue weighted by atomic mass is 9.99. The zero-order chi connectivity index (χ0) is 17.2. The third kappa shape index (κ3) is 2.93. The van der Waals surface area contributed by atoms with Gasteiger partial charge in [0, 0.05) is 20.1 Å². The summed E-state index contributed by atoms with van der Waals surface area (Å²) in [6.45, 7) is 4.37. The Labute approximate surface area is 146 Å². The van der Waals surface area contributed by atoms with Crippen LogP contribution in [0.3, 0.4) is 0 Å². The molecule has 7 nitrogen and oxygen atoms in total. The van der Waals surface area contributed by atoms with E-state index in [4.69, 9.17) is 4.74 Å². The number of hydrogen-bond acceptors (Lipinski definition) is 6. The molecule has 0 spiro atoms. The first-order valence-electron chi connectivity index (χ1n) is 8.44. The second-order valence-electron chi connectivity index (χ2n) is 5.97. The predicted octanol–water partition coefficient (Wildman–Crippen LogP) is 2.45. The number of hydrogen-bond donors (Lipinski definition) is 0. The summed E-state index contributed by atoms with van der Waals surface area (Å²) < 4.78 is 7.18. The lowest BCUT2D eigenvalue weighted by molar-refractivity contribution is 0.340. The first-order valence-corrected chi connectivity index (χ1v) is 8.44. The van der Waals surface area contributed by atoms with Crippen LogP contribution in [0.25, 0.3) is 16.7 Å². The largest absolute Gasteiger partial charge is 0.494 e. The van der Waals surface area contributed by atoms with Gasteiger partial charge in [0.1, 0.15) is 12.1 Å². The van der Waals surface area contributed by atoms with Crippen molar-refractivity contribution < 1.29 is 4.74 Å². The van der Waals surface area contributed by atoms with Gasteiger partial charge in [0.05, 0.1) is 6.61 Å². The Kier molecular flexibility index (Phi) is 4.05. The number of aryl methyl sites for hydroxylation is 1. The van der Waals surface area contributed by atoms with Crippen LogP contribution in [0.2, 0.25) is 0 Å². The van der Waals surface area contributed by atoms with Gasteiger partial charge < -0.3 is 9.64 Å². The zero-order valence-corrected chi connectivity index (χ0v) is 14.4. The number of ether oxygens (including phenoxy) is 1. The van der Waals surface area contributed by atoms with Crippen LogP contribution in [-0.4, -0.2) is 44.7 Å². The molecule has 25 heavy (non-hydrogen) atoms. The number of anilines is 1. The molecule has 3 heterocycles. The van der Waals surface area contributed by atoms with Gasteiger partial charge in [-0.1, -0.05) is 23.4 Å². The SMILES string of the molecule is CCOc1ccc(C2=CCN(c3ncnc4c3nnn4C)CC2)cc1. The lowest BCUT2D eigenvalue weighted by Crippen LogP contribution is -2.29. The Balaban J connectivity index is 1.55. The van der Waals surface area contributed by atoms with Gasteiger partial charge in [-0.2, -0.15) is 0 Å². The summed E-state index contributed by atoms with van der Waals surface area (Å²) in [6.07, 6.45) is 4.79. The number of nitrogens with zero attached hydrogens (tertiary/aromatic N) is 6. The Bertz CT molecular complexity index is 915. The molecule has 3 aromatic rings. The normalized spacial score (nSPS) is 14.6. The van der Waals surface area contributed by atoms with E-state index in [2.05, 4.69) is 43.4 Å². The Morgan fingerprint density at radius 2 is 2.00 bits per heavy atom. The molecule has 0 amide bonds. The fraction of sp³-hybridized carbons (Fsp3) is 0.333. The second kappa shape index (κ2) is 6.51. The summed E-state index contributed by atoms with van der Waals surface area (Å²) >= 11 is 0. The molecule has 0 bridgehead atoms. The van der Waals surface area contributed by atoms with Crippen molar-refractivity contribution in [1.29, 1.82) is 0 Å². The average molecular weight is 336 g/mol. The summed E-state index contributed by atoms with van der Waals surface area (Å²) in [7, 11) is 1.84. The molecule has 7 heteroatoms. The van der Waals surface area contributed by atoms with Crippen LogP contribution in [0.1, 0.15) is 18.9 Å². The molecule has 4 rings (SSSR count). The maximum atomic E-state index is 5.51. The summed E-state index contributed by atoms with van der Waals surface area (Å²) in [5.41, 5.74) is 4.10. The molecule has 0 aliphatic carbocycles. The highest BCUT2D eigenvalue weighted by atomic mass is 16.5. The minimum atomic E-state index is 0.687. The molecule has 1 aliphatic rings. The van der Waals surface area contributed by atoms with E-state index in [1.54, 1.807) is 11.0 Å². The van der Waals surface area contributed by atoms with Gasteiger partial charge in [-0.15, -0.1) is 5.10 Å². The Hall–Kier alpha value is -2.96. The van der Waals surface area contributed by atoms with Gasteiger partial charge in [0.2, 0.25) is 0 Å². The van der Waals surface area contributed by atoms with E-state index in [0.717, 1.165) is 42.2 Å². The van der Waals surface area contributed by atoms with E-state index in [1.165, 1.54) is 11.1 Å². The van der Waals surface area contributed by atoms with Crippen molar-refractivity contribution in [2.24, 2.45) is 7.05 Å². The van der Waals surface area contributed by atoms with Gasteiger partial charge in [-0.05, 0) is 36.6 Å². The van der Waals surface area contributed by atoms with Crippen LogP contribution in [0.5, 0.6) is 5.75 Å². The summed E-state index contributed by atoms with van der Waals surface area (Å²) in [5.74, 6) is 1.76. The highest BCUT2D eigenvalue weighted by Crippen LogP contribution is 2.28. The fourth-order valence-electron chi connectivity index (χ4n) is 3.13. The quantitative estimate of drug-likeness (QED) is 0.729. The van der Waals surface area contributed by atoms with Crippen molar-refractivity contribution in [3.63, 3.8) is 0 Å². The molecule has 0 saturated heterocycles. The molecule has 0 N–H and O–H groups in total. The number of fused-ring (bicyclic) bond motifs is 1. The number of benzene rings is 1. The molecule has 2 aromatic heterocycles. The molecule has 0 saturated carbocycles. The summed E-state index contributed by atoms with van der Waals surface area (Å²) in [4.78, 5) is 10.9. The van der Waals surface area contributed by atoms with Crippen molar-refractivity contribution in [3.05, 3.63) is 42.2 Å². The van der Waals surface area contributed by atoms with Crippen molar-refractivity contribution in [2.75, 3.05) is 24.6 Å². The van der Waals surface area contributed by atoms with Crippen LogP contribution < -0.4 is 9.64 Å². The van der Waals surface area contributed by atoms with Crippen LogP contribution in [0, 0.1) is 0 Å². The molecule has 0 radical (unpaired) electrons. The minimum Gasteiger partial charge on any atom is -0.494 e. The van der Waals surface area contributed by atoms with Crippen molar-refractivity contribution in [3.8, 4) is 5.75 Å². The first-order chi connectivity index (χ1) is 12.3. The highest BCUT2D eigenvalue weighted by molar-refractivity contribution is 5.83. The Morgan fingerprint density at radius 3 is 2.72 bits per heavy atom. The van der Waals surface area contributed by atoms with E-state index < -0.39 is 0 Å². The van der Waals surface area contributed by atoms with Crippen LogP contribution >= 0.6 is 0 Å². The van der Waals surface area contributed by atoms with E-state index in [-0.39, 0.29) is 0 Å². The van der Waals surface area contributed by atoms with Gasteiger partial charge in [-0.25, -0.2) is 14.6 Å². The van der Waals surface area contributed by atoms with Crippen molar-refractivity contribution in [2.45, 2.75) is 13.3 Å². The summed E-state index contributed by atoms with van der Waals surface area (Å²) in [5, 5.41) is 8.26. The molecule has 0 fully saturated rings. The maximum absolute atomic E-state index is 5.51. The first kappa shape index (κ1) is 15.6. The average Bonchev–Trinajstić information content (AvgIpc) is 3.04. The standard InChI is InChI=1S/C18H20N6O/c1-3-25-15-6-4-13(5-7-15)14-8-10-24(11-9-14)18-16-17(19-12-20-18)23(2)22-21-16/h4-8,12H,3,9-11H2,1-2H3. The number of aromatic nitrogens is 5. The fourth-order valence-corrected chi connectivity index (χ4v) is 3.13. The topological polar surface area (TPSA) is 69.0 Å². The smallest absolute Gasteiger partial charge is 0.183 e. The van der Waals surface area contributed by atoms with Gasteiger partial charge in [0.15, 0.2) is 17.0 Å². The van der Waals surface area contributed by atoms with Gasteiger partial charge >= 0.3 is 0 Å². The minimum absolute atomic E-state index is 0.687. The van der Waals surface area contributed by atoms with Crippen molar-refractivity contribution in [1.82, 2.24) is 25.0 Å². The predicted molar refractivity (Wildman–Crippen MR) is 96.5 cm³/mol. The third-order valence-electron chi connectivity index (χ3n) is 4.41. The summed E-state index contributed by atoms with van der Waals surface area (Å²) in [6, 6.07) is 8.30. The van der Waals surface area contributed by atoms with Crippen molar-refractivity contribution >= 4 is 22.6 Å².